The Kier molecular flexibility index (Phi) is 8.86. The molecule has 8 nitrogen and oxygen atoms in total. The molecule has 0 aliphatic carbocycles. The van der Waals surface area contributed by atoms with E-state index in [2.05, 4.69) is 4.99 Å². The number of carbonyl (C=O) groups excluding carboxylic acids is 3. The summed E-state index contributed by atoms with van der Waals surface area (Å²) >= 11 is 1.37. The molecule has 0 bridgehead atoms. The van der Waals surface area contributed by atoms with Crippen LogP contribution in [0.4, 0.5) is 0 Å². The van der Waals surface area contributed by atoms with Crippen LogP contribution in [0.25, 0.3) is 0 Å². The van der Waals surface area contributed by atoms with Crippen molar-refractivity contribution in [1.29, 1.82) is 0 Å². The van der Waals surface area contributed by atoms with Gasteiger partial charge < -0.3 is 19.7 Å². The van der Waals surface area contributed by atoms with Crippen LogP contribution < -0.4 is 24.0 Å². The van der Waals surface area contributed by atoms with E-state index in [9.17, 15) is 24.6 Å². The fraction of sp³-hybridized carbons (Fsp3) is 0.478. The number of amides is 1. The zero-order valence-electron chi connectivity index (χ0n) is 19.7. The summed E-state index contributed by atoms with van der Waals surface area (Å²) in [5.41, 5.74) is 2.49. The van der Waals surface area contributed by atoms with E-state index in [0.717, 1.165) is 16.7 Å². The van der Waals surface area contributed by atoms with Gasteiger partial charge in [-0.1, -0.05) is 27.7 Å². The molecule has 0 saturated carbocycles. The minimum absolute atomic E-state index is 0. The van der Waals surface area contributed by atoms with Gasteiger partial charge in [-0.2, -0.15) is 0 Å². The van der Waals surface area contributed by atoms with Gasteiger partial charge in [-0.05, 0) is 40.7 Å². The SMILES string of the molecule is CC(=O)OCC1=C(C(=O)[O-])N2C(=O)[C@@H](N=Cc3cc(C(C)C)c(O)c(C(C)C)c3)[C@H]2SC1.[Li+]. The van der Waals surface area contributed by atoms with Crippen LogP contribution in [0.1, 0.15) is 63.1 Å². The van der Waals surface area contributed by atoms with Crippen molar-refractivity contribution < 1.29 is 48.2 Å². The van der Waals surface area contributed by atoms with Crippen molar-refractivity contribution in [2.24, 2.45) is 4.99 Å². The topological polar surface area (TPSA) is 119 Å². The smallest absolute Gasteiger partial charge is 0.543 e. The quantitative estimate of drug-likeness (QED) is 0.235. The van der Waals surface area contributed by atoms with Gasteiger partial charge in [0.15, 0.2) is 6.04 Å². The third-order valence-electron chi connectivity index (χ3n) is 5.48. The molecule has 1 aromatic carbocycles. The fourth-order valence-electron chi connectivity index (χ4n) is 3.78. The second kappa shape index (κ2) is 10.8. The number of hydrogen-bond donors (Lipinski definition) is 1. The molecule has 0 radical (unpaired) electrons. The number of phenols is 1. The van der Waals surface area contributed by atoms with Gasteiger partial charge in [0, 0.05) is 24.5 Å². The maximum absolute atomic E-state index is 12.7. The van der Waals surface area contributed by atoms with Crippen LogP contribution in [0.5, 0.6) is 5.75 Å². The molecule has 0 aromatic heterocycles. The molecular formula is C23H27LiN2O6S. The summed E-state index contributed by atoms with van der Waals surface area (Å²) in [6.45, 7) is 9.01. The molecule has 33 heavy (non-hydrogen) atoms. The van der Waals surface area contributed by atoms with E-state index in [1.165, 1.54) is 23.6 Å². The summed E-state index contributed by atoms with van der Waals surface area (Å²) in [5.74, 6) is -1.64. The Morgan fingerprint density at radius 1 is 1.27 bits per heavy atom. The number of aromatic hydroxyl groups is 1. The van der Waals surface area contributed by atoms with Crippen molar-refractivity contribution in [2.75, 3.05) is 12.4 Å². The van der Waals surface area contributed by atoms with Gasteiger partial charge >= 0.3 is 24.8 Å². The number of carboxylic acids is 1. The number of phenolic OH excluding ortho intramolecular Hbond substituents is 1. The number of aliphatic imine (C=N–C) groups is 1. The van der Waals surface area contributed by atoms with E-state index in [4.69, 9.17) is 4.74 Å². The maximum atomic E-state index is 12.7. The first-order chi connectivity index (χ1) is 15.0. The molecule has 2 aliphatic heterocycles. The van der Waals surface area contributed by atoms with Crippen molar-refractivity contribution in [2.45, 2.75) is 57.9 Å². The van der Waals surface area contributed by atoms with Crippen LogP contribution in [0.2, 0.25) is 0 Å². The summed E-state index contributed by atoms with van der Waals surface area (Å²) in [4.78, 5) is 41.1. The molecule has 1 amide bonds. The number of rotatable bonds is 7. The average Bonchev–Trinajstić information content (AvgIpc) is 2.71. The van der Waals surface area contributed by atoms with E-state index < -0.39 is 29.3 Å². The summed E-state index contributed by atoms with van der Waals surface area (Å²) < 4.78 is 4.92. The molecule has 3 rings (SSSR count). The number of carboxylic acid groups (broad SMARTS) is 1. The third kappa shape index (κ3) is 5.48. The van der Waals surface area contributed by atoms with Gasteiger partial charge in [-0.15, -0.1) is 11.8 Å². The molecule has 1 N–H and O–H groups in total. The Balaban J connectivity index is 0.00000385. The van der Waals surface area contributed by atoms with Gasteiger partial charge in [-0.25, -0.2) is 0 Å². The molecule has 10 heteroatoms. The molecule has 1 aromatic rings. The van der Waals surface area contributed by atoms with Crippen molar-refractivity contribution in [1.82, 2.24) is 4.90 Å². The predicted molar refractivity (Wildman–Crippen MR) is 119 cm³/mol. The monoisotopic (exact) mass is 466 g/mol. The Morgan fingerprint density at radius 3 is 2.33 bits per heavy atom. The average molecular weight is 466 g/mol. The van der Waals surface area contributed by atoms with Gasteiger partial charge in [0.05, 0.1) is 11.7 Å². The number of benzene rings is 1. The molecular weight excluding hydrogens is 439 g/mol. The number of esters is 1. The zero-order chi connectivity index (χ0) is 23.7. The third-order valence-corrected chi connectivity index (χ3v) is 6.81. The number of aliphatic carboxylic acids is 1. The first-order valence-electron chi connectivity index (χ1n) is 10.4. The molecule has 1 saturated heterocycles. The van der Waals surface area contributed by atoms with Gasteiger partial charge in [0.25, 0.3) is 5.91 Å². The molecule has 0 spiro atoms. The summed E-state index contributed by atoms with van der Waals surface area (Å²) in [6, 6.07) is 2.99. The van der Waals surface area contributed by atoms with Gasteiger partial charge in [0.1, 0.15) is 17.7 Å². The summed E-state index contributed by atoms with van der Waals surface area (Å²) in [5, 5.41) is 21.8. The minimum Gasteiger partial charge on any atom is -0.543 e. The first kappa shape index (κ1) is 27.0. The van der Waals surface area contributed by atoms with E-state index >= 15 is 0 Å². The van der Waals surface area contributed by atoms with Crippen molar-refractivity contribution in [3.8, 4) is 5.75 Å². The second-order valence-electron chi connectivity index (χ2n) is 8.51. The molecule has 1 fully saturated rings. The van der Waals surface area contributed by atoms with Crippen molar-refractivity contribution in [3.05, 3.63) is 40.1 Å². The molecule has 2 heterocycles. The Bertz CT molecular complexity index is 991. The normalized spacial score (nSPS) is 20.1. The molecule has 0 unspecified atom stereocenters. The molecule has 172 valence electrons. The van der Waals surface area contributed by atoms with E-state index in [1.54, 1.807) is 6.21 Å². The molecule has 2 atom stereocenters. The Morgan fingerprint density at radius 2 is 1.85 bits per heavy atom. The number of β-lactam (4-membered cyclic amide) rings is 1. The van der Waals surface area contributed by atoms with Crippen LogP contribution in [0.3, 0.4) is 0 Å². The van der Waals surface area contributed by atoms with Gasteiger partial charge in [0.2, 0.25) is 0 Å². The van der Waals surface area contributed by atoms with Crippen molar-refractivity contribution in [3.63, 3.8) is 0 Å². The maximum Gasteiger partial charge on any atom is 1.00 e. The fourth-order valence-corrected chi connectivity index (χ4v) is 5.10. The summed E-state index contributed by atoms with van der Waals surface area (Å²) in [7, 11) is 0. The number of fused-ring (bicyclic) bond motifs is 1. The number of carbonyl (C=O) groups is 3. The molecule has 2 aliphatic rings. The van der Waals surface area contributed by atoms with E-state index in [0.29, 0.717) is 11.3 Å². The van der Waals surface area contributed by atoms with E-state index in [-0.39, 0.29) is 48.7 Å². The standard InChI is InChI=1S/C23H28N2O6S.Li/c1-11(2)16-6-14(7-17(12(3)4)20(16)27)8-24-18-21(28)25-19(23(29)30)15(9-31-13(5)26)10-32-22(18)25;/h6-8,11-12,18,22,27H,9-10H2,1-5H3,(H,29,30);/q;+1/p-1/t18-,22-;/m1./s1. The van der Waals surface area contributed by atoms with Crippen LogP contribution >= 0.6 is 11.8 Å². The number of nitrogens with zero attached hydrogens (tertiary/aromatic N) is 2. The van der Waals surface area contributed by atoms with Crippen LogP contribution in [-0.2, 0) is 19.1 Å². The Hall–Kier alpha value is -2.21. The minimum atomic E-state index is -1.48. The number of thioether (sulfide) groups is 1. The van der Waals surface area contributed by atoms with E-state index in [1.807, 2.05) is 39.8 Å². The zero-order valence-corrected chi connectivity index (χ0v) is 20.6. The van der Waals surface area contributed by atoms with Crippen molar-refractivity contribution >= 4 is 35.8 Å². The largest absolute Gasteiger partial charge is 1.00 e. The van der Waals surface area contributed by atoms with Gasteiger partial charge in [-0.3, -0.25) is 19.5 Å². The summed E-state index contributed by atoms with van der Waals surface area (Å²) in [6.07, 6.45) is 1.61. The first-order valence-corrected chi connectivity index (χ1v) is 11.5. The second-order valence-corrected chi connectivity index (χ2v) is 9.62. The number of hydrogen-bond acceptors (Lipinski definition) is 8. The van der Waals surface area contributed by atoms with Crippen LogP contribution in [0.15, 0.2) is 28.4 Å². The predicted octanol–water partition coefficient (Wildman–Crippen LogP) is -1.09. The van der Waals surface area contributed by atoms with Crippen LogP contribution in [0, 0.1) is 0 Å². The number of ether oxygens (including phenoxy) is 1. The Labute approximate surface area is 209 Å². The van der Waals surface area contributed by atoms with Crippen LogP contribution in [-0.4, -0.2) is 57.8 Å².